The molecule has 0 unspecified atom stereocenters. The molecule has 1 saturated heterocycles. The molecule has 2 fully saturated rings. The van der Waals surface area contributed by atoms with E-state index >= 15 is 0 Å². The van der Waals surface area contributed by atoms with E-state index in [1.807, 2.05) is 30.1 Å². The minimum atomic E-state index is -0.794. The fourth-order valence-corrected chi connectivity index (χ4v) is 4.21. The summed E-state index contributed by atoms with van der Waals surface area (Å²) in [7, 11) is 1.94. The van der Waals surface area contributed by atoms with Crippen LogP contribution in [-0.2, 0) is 16.0 Å². The van der Waals surface area contributed by atoms with Gasteiger partial charge in [-0.25, -0.2) is 0 Å². The standard InChI is InChI=1S/C20H31N3O4/c1-23(11-9-15-8-4-5-10-21-15)18-16(27-17(13-24)19(18)25)12-22-20(26)14-6-2-3-7-14/h4-5,8,10,14,16-19,24-25H,2-3,6-7,9,11-13H2,1H3,(H,22,26)/t16-,17+,18+,19-/m1/s1. The molecule has 1 aromatic rings. The lowest BCUT2D eigenvalue weighted by molar-refractivity contribution is -0.125. The zero-order valence-corrected chi connectivity index (χ0v) is 16.0. The first-order chi connectivity index (χ1) is 13.1. The van der Waals surface area contributed by atoms with Crippen molar-refractivity contribution in [1.82, 2.24) is 15.2 Å². The monoisotopic (exact) mass is 377 g/mol. The Balaban J connectivity index is 1.57. The fourth-order valence-electron chi connectivity index (χ4n) is 4.21. The normalized spacial score (nSPS) is 28.7. The number of aliphatic hydroxyl groups is 2. The highest BCUT2D eigenvalue weighted by molar-refractivity contribution is 5.78. The maximum absolute atomic E-state index is 12.3. The Kier molecular flexibility index (Phi) is 7.18. The van der Waals surface area contributed by atoms with Crippen molar-refractivity contribution in [1.29, 1.82) is 0 Å². The maximum atomic E-state index is 12.3. The highest BCUT2D eigenvalue weighted by atomic mass is 16.5. The Hall–Kier alpha value is -1.54. The molecule has 1 amide bonds. The molecule has 0 radical (unpaired) electrons. The highest BCUT2D eigenvalue weighted by Gasteiger charge is 2.45. The molecule has 3 N–H and O–H groups in total. The number of likely N-dealkylation sites (N-methyl/N-ethyl adjacent to an activating group) is 1. The van der Waals surface area contributed by atoms with E-state index in [-0.39, 0.29) is 30.6 Å². The summed E-state index contributed by atoms with van der Waals surface area (Å²) in [5.41, 5.74) is 0.988. The second-order valence-corrected chi connectivity index (χ2v) is 7.65. The summed E-state index contributed by atoms with van der Waals surface area (Å²) in [5.74, 6) is 0.179. The lowest BCUT2D eigenvalue weighted by Gasteiger charge is -2.30. The van der Waals surface area contributed by atoms with Crippen LogP contribution in [0.1, 0.15) is 31.4 Å². The molecule has 2 aliphatic rings. The van der Waals surface area contributed by atoms with E-state index in [2.05, 4.69) is 10.3 Å². The van der Waals surface area contributed by atoms with Gasteiger partial charge in [0.05, 0.1) is 18.8 Å². The predicted octanol–water partition coefficient (Wildman–Crippen LogP) is 0.352. The highest BCUT2D eigenvalue weighted by Crippen LogP contribution is 2.27. The Morgan fingerprint density at radius 3 is 2.78 bits per heavy atom. The van der Waals surface area contributed by atoms with E-state index in [0.29, 0.717) is 13.1 Å². The molecular weight excluding hydrogens is 346 g/mol. The van der Waals surface area contributed by atoms with Gasteiger partial charge in [0.25, 0.3) is 0 Å². The molecule has 7 heteroatoms. The Bertz CT molecular complexity index is 594. The SMILES string of the molecule is CN(CCc1ccccn1)[C@@H]1[C@H](O)[C@H](CO)O[C@@H]1CNC(=O)C1CCCC1. The molecule has 1 aliphatic carbocycles. The third kappa shape index (κ3) is 5.04. The molecule has 1 saturated carbocycles. The topological polar surface area (TPSA) is 94.9 Å². The quantitative estimate of drug-likeness (QED) is 0.605. The van der Waals surface area contributed by atoms with Crippen molar-refractivity contribution >= 4 is 5.91 Å². The third-order valence-electron chi connectivity index (χ3n) is 5.80. The largest absolute Gasteiger partial charge is 0.394 e. The zero-order valence-electron chi connectivity index (χ0n) is 16.0. The van der Waals surface area contributed by atoms with Gasteiger partial charge in [-0.3, -0.25) is 14.7 Å². The first-order valence-corrected chi connectivity index (χ1v) is 9.92. The summed E-state index contributed by atoms with van der Waals surface area (Å²) in [6, 6.07) is 5.54. The van der Waals surface area contributed by atoms with Crippen molar-refractivity contribution in [2.24, 2.45) is 5.92 Å². The summed E-state index contributed by atoms with van der Waals surface area (Å²) < 4.78 is 5.85. The molecule has 150 valence electrons. The maximum Gasteiger partial charge on any atom is 0.223 e. The van der Waals surface area contributed by atoms with Crippen molar-refractivity contribution in [3.05, 3.63) is 30.1 Å². The predicted molar refractivity (Wildman–Crippen MR) is 101 cm³/mol. The summed E-state index contributed by atoms with van der Waals surface area (Å²) in [6.45, 7) is 0.813. The van der Waals surface area contributed by atoms with E-state index in [4.69, 9.17) is 4.74 Å². The molecule has 0 aromatic carbocycles. The molecule has 1 aromatic heterocycles. The number of pyridine rings is 1. The smallest absolute Gasteiger partial charge is 0.223 e. The number of amides is 1. The van der Waals surface area contributed by atoms with Gasteiger partial charge < -0.3 is 20.3 Å². The Morgan fingerprint density at radius 1 is 1.33 bits per heavy atom. The van der Waals surface area contributed by atoms with Crippen LogP contribution >= 0.6 is 0 Å². The van der Waals surface area contributed by atoms with Crippen molar-refractivity contribution in [3.8, 4) is 0 Å². The zero-order chi connectivity index (χ0) is 19.2. The fraction of sp³-hybridized carbons (Fsp3) is 0.700. The molecule has 4 atom stereocenters. The van der Waals surface area contributed by atoms with E-state index in [1.54, 1.807) is 6.20 Å². The second-order valence-electron chi connectivity index (χ2n) is 7.65. The molecule has 3 rings (SSSR count). The average molecular weight is 377 g/mol. The number of nitrogens with zero attached hydrogens (tertiary/aromatic N) is 2. The van der Waals surface area contributed by atoms with Gasteiger partial charge in [-0.1, -0.05) is 18.9 Å². The molecule has 0 spiro atoms. The molecule has 0 bridgehead atoms. The molecule has 27 heavy (non-hydrogen) atoms. The molecular formula is C20H31N3O4. The summed E-state index contributed by atoms with van der Waals surface area (Å²) in [6.07, 6.45) is 4.88. The van der Waals surface area contributed by atoms with E-state index in [9.17, 15) is 15.0 Å². The van der Waals surface area contributed by atoms with Crippen LogP contribution in [0, 0.1) is 5.92 Å². The lowest BCUT2D eigenvalue weighted by Crippen LogP contribution is -2.50. The summed E-state index contributed by atoms with van der Waals surface area (Å²) >= 11 is 0. The van der Waals surface area contributed by atoms with Crippen LogP contribution in [-0.4, -0.2) is 77.1 Å². The van der Waals surface area contributed by atoms with Crippen LogP contribution in [0.15, 0.2) is 24.4 Å². The number of hydrogen-bond acceptors (Lipinski definition) is 6. The van der Waals surface area contributed by atoms with Gasteiger partial charge in [0.2, 0.25) is 5.91 Å². The molecule has 7 nitrogen and oxygen atoms in total. The van der Waals surface area contributed by atoms with Crippen LogP contribution in [0.4, 0.5) is 0 Å². The van der Waals surface area contributed by atoms with Crippen LogP contribution in [0.25, 0.3) is 0 Å². The second kappa shape index (κ2) is 9.59. The van der Waals surface area contributed by atoms with Gasteiger partial charge in [0, 0.05) is 37.3 Å². The molecule has 2 heterocycles. The summed E-state index contributed by atoms with van der Waals surface area (Å²) in [4.78, 5) is 18.7. The number of rotatable bonds is 8. The van der Waals surface area contributed by atoms with Gasteiger partial charge in [-0.15, -0.1) is 0 Å². The number of carbonyl (C=O) groups is 1. The first-order valence-electron chi connectivity index (χ1n) is 9.92. The third-order valence-corrected chi connectivity index (χ3v) is 5.80. The van der Waals surface area contributed by atoms with Crippen LogP contribution in [0.2, 0.25) is 0 Å². The Morgan fingerprint density at radius 2 is 2.11 bits per heavy atom. The van der Waals surface area contributed by atoms with E-state index < -0.39 is 12.2 Å². The number of nitrogens with one attached hydrogen (secondary N) is 1. The van der Waals surface area contributed by atoms with Gasteiger partial charge in [0.15, 0.2) is 0 Å². The average Bonchev–Trinajstić information content (AvgIpc) is 3.33. The van der Waals surface area contributed by atoms with Gasteiger partial charge in [0.1, 0.15) is 12.2 Å². The van der Waals surface area contributed by atoms with E-state index in [0.717, 1.165) is 37.8 Å². The van der Waals surface area contributed by atoms with Crippen molar-refractivity contribution in [3.63, 3.8) is 0 Å². The van der Waals surface area contributed by atoms with Crippen LogP contribution in [0.3, 0.4) is 0 Å². The van der Waals surface area contributed by atoms with Gasteiger partial charge >= 0.3 is 0 Å². The van der Waals surface area contributed by atoms with Crippen molar-refractivity contribution in [2.45, 2.75) is 56.5 Å². The van der Waals surface area contributed by atoms with E-state index in [1.165, 1.54) is 0 Å². The number of ether oxygens (including phenoxy) is 1. The lowest BCUT2D eigenvalue weighted by atomic mass is 10.0. The first kappa shape index (κ1) is 20.2. The van der Waals surface area contributed by atoms with Crippen LogP contribution in [0.5, 0.6) is 0 Å². The number of carbonyl (C=O) groups excluding carboxylic acids is 1. The van der Waals surface area contributed by atoms with Crippen LogP contribution < -0.4 is 5.32 Å². The van der Waals surface area contributed by atoms with Gasteiger partial charge in [-0.2, -0.15) is 0 Å². The Labute approximate surface area is 160 Å². The number of aromatic nitrogens is 1. The minimum absolute atomic E-state index is 0.0768. The number of hydrogen-bond donors (Lipinski definition) is 3. The van der Waals surface area contributed by atoms with Gasteiger partial charge in [-0.05, 0) is 32.0 Å². The molecule has 1 aliphatic heterocycles. The number of aliphatic hydroxyl groups excluding tert-OH is 2. The van der Waals surface area contributed by atoms with Crippen molar-refractivity contribution < 1.29 is 19.7 Å². The minimum Gasteiger partial charge on any atom is -0.394 e. The summed E-state index contributed by atoms with van der Waals surface area (Å²) in [5, 5.41) is 23.1. The van der Waals surface area contributed by atoms with Crippen molar-refractivity contribution in [2.75, 3.05) is 26.7 Å².